The minimum atomic E-state index is -0.941. The summed E-state index contributed by atoms with van der Waals surface area (Å²) in [7, 11) is 0. The average molecular weight is 374 g/mol. The van der Waals surface area contributed by atoms with Crippen molar-refractivity contribution in [3.8, 4) is 0 Å². The fourth-order valence-electron chi connectivity index (χ4n) is 3.30. The molecule has 27 heavy (non-hydrogen) atoms. The Morgan fingerprint density at radius 2 is 1.85 bits per heavy atom. The fraction of sp³-hybridized carbons (Fsp3) is 0.524. The maximum absolute atomic E-state index is 12.5. The summed E-state index contributed by atoms with van der Waals surface area (Å²) in [6.45, 7) is 12.8. The third-order valence-corrected chi connectivity index (χ3v) is 4.54. The molecule has 1 heterocycles. The molecule has 1 amide bonds. The molecule has 1 N–H and O–H groups in total. The minimum absolute atomic E-state index is 0.0198. The average Bonchev–Trinajstić information content (AvgIpc) is 2.55. The van der Waals surface area contributed by atoms with Gasteiger partial charge in [-0.05, 0) is 65.3 Å². The number of aromatic carboxylic acids is 1. The monoisotopic (exact) mass is 374 g/mol. The van der Waals surface area contributed by atoms with Crippen LogP contribution in [0, 0.1) is 0 Å². The second-order valence-corrected chi connectivity index (χ2v) is 8.06. The second-order valence-electron chi connectivity index (χ2n) is 8.06. The van der Waals surface area contributed by atoms with E-state index < -0.39 is 11.6 Å². The van der Waals surface area contributed by atoms with E-state index in [1.807, 2.05) is 52.8 Å². The Morgan fingerprint density at radius 3 is 2.41 bits per heavy atom. The van der Waals surface area contributed by atoms with E-state index in [2.05, 4.69) is 11.8 Å². The van der Waals surface area contributed by atoms with Crippen LogP contribution in [0.5, 0.6) is 0 Å². The molecule has 1 saturated heterocycles. The van der Waals surface area contributed by atoms with Crippen LogP contribution in [0.4, 0.5) is 10.5 Å². The van der Waals surface area contributed by atoms with Gasteiger partial charge < -0.3 is 19.6 Å². The number of carbonyl (C=O) groups is 2. The molecule has 0 aliphatic carbocycles. The van der Waals surface area contributed by atoms with Gasteiger partial charge in [0.15, 0.2) is 0 Å². The maximum atomic E-state index is 12.5. The lowest BCUT2D eigenvalue weighted by Crippen LogP contribution is -2.59. The summed E-state index contributed by atoms with van der Waals surface area (Å²) in [4.78, 5) is 27.8. The van der Waals surface area contributed by atoms with Crippen LogP contribution in [-0.4, -0.2) is 52.8 Å². The maximum Gasteiger partial charge on any atom is 0.410 e. The summed E-state index contributed by atoms with van der Waals surface area (Å²) < 4.78 is 5.53. The van der Waals surface area contributed by atoms with Crippen LogP contribution >= 0.6 is 0 Å². The summed E-state index contributed by atoms with van der Waals surface area (Å²) >= 11 is 0. The van der Waals surface area contributed by atoms with Crippen LogP contribution in [-0.2, 0) is 4.74 Å². The van der Waals surface area contributed by atoms with Crippen LogP contribution in [0.2, 0.25) is 0 Å². The van der Waals surface area contributed by atoms with Gasteiger partial charge in [0, 0.05) is 30.9 Å². The number of carboxylic acids is 1. The van der Waals surface area contributed by atoms with Gasteiger partial charge in [0.1, 0.15) is 5.60 Å². The standard InChI is InChI=1S/C21H30N2O4/c1-7-8-16-11-17(19(24)25)9-10-18(16)22-12-15(3)23(13-14(22)2)20(26)27-21(4,5)6/h7-11,14-15H,12-13H2,1-6H3,(H,24,25)/t14-,15+/m1/s1. The molecule has 1 aliphatic rings. The smallest absolute Gasteiger partial charge is 0.410 e. The van der Waals surface area contributed by atoms with Crippen molar-refractivity contribution in [2.24, 2.45) is 0 Å². The summed E-state index contributed by atoms with van der Waals surface area (Å²) in [5.74, 6) is -0.941. The zero-order valence-corrected chi connectivity index (χ0v) is 17.0. The third kappa shape index (κ3) is 5.02. The first kappa shape index (κ1) is 20.8. The molecule has 2 rings (SSSR count). The number of hydrogen-bond acceptors (Lipinski definition) is 4. The molecular weight excluding hydrogens is 344 g/mol. The van der Waals surface area contributed by atoms with E-state index >= 15 is 0 Å². The number of carboxylic acid groups (broad SMARTS) is 1. The van der Waals surface area contributed by atoms with E-state index in [0.29, 0.717) is 13.1 Å². The quantitative estimate of drug-likeness (QED) is 0.856. The highest BCUT2D eigenvalue weighted by Crippen LogP contribution is 2.29. The minimum Gasteiger partial charge on any atom is -0.478 e. The van der Waals surface area contributed by atoms with Crippen molar-refractivity contribution < 1.29 is 19.4 Å². The second kappa shape index (κ2) is 8.03. The molecule has 0 radical (unpaired) electrons. The number of piperazine rings is 1. The highest BCUT2D eigenvalue weighted by Gasteiger charge is 2.35. The number of allylic oxidation sites excluding steroid dienone is 1. The lowest BCUT2D eigenvalue weighted by molar-refractivity contribution is 0.0130. The number of amides is 1. The van der Waals surface area contributed by atoms with Crippen molar-refractivity contribution in [1.29, 1.82) is 0 Å². The lowest BCUT2D eigenvalue weighted by Gasteiger charge is -2.45. The summed E-state index contributed by atoms with van der Waals surface area (Å²) in [6.07, 6.45) is 3.52. The Morgan fingerprint density at radius 1 is 1.19 bits per heavy atom. The van der Waals surface area contributed by atoms with Crippen molar-refractivity contribution in [3.63, 3.8) is 0 Å². The number of nitrogens with zero attached hydrogens (tertiary/aromatic N) is 2. The Bertz CT molecular complexity index is 736. The Hall–Kier alpha value is -2.50. The molecule has 0 aromatic heterocycles. The number of carbonyl (C=O) groups excluding carboxylic acids is 1. The van der Waals surface area contributed by atoms with Crippen molar-refractivity contribution in [1.82, 2.24) is 4.90 Å². The van der Waals surface area contributed by atoms with E-state index in [1.165, 1.54) is 0 Å². The van der Waals surface area contributed by atoms with Gasteiger partial charge in [0.2, 0.25) is 0 Å². The summed E-state index contributed by atoms with van der Waals surface area (Å²) in [5, 5.41) is 9.27. The molecule has 148 valence electrons. The number of benzene rings is 1. The van der Waals surface area contributed by atoms with Crippen LogP contribution in [0.1, 0.15) is 57.5 Å². The summed E-state index contributed by atoms with van der Waals surface area (Å²) in [6, 6.07) is 5.23. The van der Waals surface area contributed by atoms with E-state index in [-0.39, 0.29) is 23.7 Å². The number of hydrogen-bond donors (Lipinski definition) is 1. The Labute approximate surface area is 161 Å². The Kier molecular flexibility index (Phi) is 6.19. The molecule has 0 unspecified atom stereocenters. The normalized spacial score (nSPS) is 20.8. The molecule has 1 fully saturated rings. The van der Waals surface area contributed by atoms with Crippen LogP contribution < -0.4 is 4.90 Å². The highest BCUT2D eigenvalue weighted by atomic mass is 16.6. The number of ether oxygens (including phenoxy) is 1. The topological polar surface area (TPSA) is 70.1 Å². The first-order chi connectivity index (χ1) is 12.5. The van der Waals surface area contributed by atoms with E-state index in [9.17, 15) is 14.7 Å². The van der Waals surface area contributed by atoms with Crippen molar-refractivity contribution in [2.45, 2.75) is 59.2 Å². The van der Waals surface area contributed by atoms with Crippen molar-refractivity contribution in [2.75, 3.05) is 18.0 Å². The number of anilines is 1. The van der Waals surface area contributed by atoms with E-state index in [1.54, 1.807) is 17.0 Å². The van der Waals surface area contributed by atoms with Gasteiger partial charge in [-0.1, -0.05) is 12.2 Å². The predicted molar refractivity (Wildman–Crippen MR) is 107 cm³/mol. The van der Waals surface area contributed by atoms with Crippen LogP contribution in [0.15, 0.2) is 24.3 Å². The third-order valence-electron chi connectivity index (χ3n) is 4.54. The molecule has 0 bridgehead atoms. The zero-order chi connectivity index (χ0) is 20.4. The van der Waals surface area contributed by atoms with Gasteiger partial charge in [-0.25, -0.2) is 9.59 Å². The molecule has 6 heteroatoms. The van der Waals surface area contributed by atoms with E-state index in [4.69, 9.17) is 4.74 Å². The molecule has 0 saturated carbocycles. The lowest BCUT2D eigenvalue weighted by atomic mass is 10.0. The molecule has 1 aliphatic heterocycles. The number of rotatable bonds is 3. The first-order valence-corrected chi connectivity index (χ1v) is 9.29. The van der Waals surface area contributed by atoms with Crippen molar-refractivity contribution in [3.05, 3.63) is 35.4 Å². The van der Waals surface area contributed by atoms with Gasteiger partial charge in [0.05, 0.1) is 5.56 Å². The van der Waals surface area contributed by atoms with Gasteiger partial charge in [-0.15, -0.1) is 0 Å². The van der Waals surface area contributed by atoms with Crippen LogP contribution in [0.25, 0.3) is 6.08 Å². The van der Waals surface area contributed by atoms with E-state index in [0.717, 1.165) is 11.3 Å². The summed E-state index contributed by atoms with van der Waals surface area (Å²) in [5.41, 5.74) is 1.58. The molecule has 2 atom stereocenters. The first-order valence-electron chi connectivity index (χ1n) is 9.29. The Balaban J connectivity index is 2.27. The SMILES string of the molecule is CC=Cc1cc(C(=O)O)ccc1N1C[C@H](C)N(C(=O)OC(C)(C)C)C[C@H]1C. The fourth-order valence-corrected chi connectivity index (χ4v) is 3.30. The predicted octanol–water partition coefficient (Wildman–Crippen LogP) is 4.25. The zero-order valence-electron chi connectivity index (χ0n) is 17.0. The molecule has 0 spiro atoms. The van der Waals surface area contributed by atoms with Gasteiger partial charge >= 0.3 is 12.1 Å². The van der Waals surface area contributed by atoms with Gasteiger partial charge in [-0.3, -0.25) is 0 Å². The molecule has 6 nitrogen and oxygen atoms in total. The molecule has 1 aromatic carbocycles. The highest BCUT2D eigenvalue weighted by molar-refractivity contribution is 5.90. The van der Waals surface area contributed by atoms with Crippen molar-refractivity contribution >= 4 is 23.8 Å². The van der Waals surface area contributed by atoms with Gasteiger partial charge in [0.25, 0.3) is 0 Å². The molecule has 1 aromatic rings. The largest absolute Gasteiger partial charge is 0.478 e. The van der Waals surface area contributed by atoms with Gasteiger partial charge in [-0.2, -0.15) is 0 Å². The molecular formula is C21H30N2O4. The van der Waals surface area contributed by atoms with Crippen LogP contribution in [0.3, 0.4) is 0 Å².